The van der Waals surface area contributed by atoms with Gasteiger partial charge in [-0.05, 0) is 6.42 Å². The summed E-state index contributed by atoms with van der Waals surface area (Å²) in [5.74, 6) is 0. The number of aliphatic hydroxyl groups is 1. The van der Waals surface area contributed by atoms with Gasteiger partial charge in [0.15, 0.2) is 0 Å². The molecule has 0 unspecified atom stereocenters. The zero-order valence-electron chi connectivity index (χ0n) is 4.98. The molecule has 0 aliphatic carbocycles. The van der Waals surface area contributed by atoms with Crippen molar-refractivity contribution in [2.24, 2.45) is 0 Å². The Balaban J connectivity index is 0. The first-order valence-corrected chi connectivity index (χ1v) is 2.32. The topological polar surface area (TPSA) is 20.2 Å². The molecule has 7 heavy (non-hydrogen) atoms. The zero-order valence-corrected chi connectivity index (χ0v) is 6.98. The van der Waals surface area contributed by atoms with E-state index in [2.05, 4.69) is 6.92 Å². The number of hydrogen-bond acceptors (Lipinski definition) is 1. The largest absolute Gasteiger partial charge is 1.00 e. The normalized spacial score (nSPS) is 7.71. The Morgan fingerprint density at radius 2 is 1.86 bits per heavy atom. The monoisotopic (exact) mass is 110 g/mol. The van der Waals surface area contributed by atoms with Crippen molar-refractivity contribution in [3.05, 3.63) is 6.92 Å². The second kappa shape index (κ2) is 10.0. The van der Waals surface area contributed by atoms with Crippen molar-refractivity contribution in [1.29, 1.82) is 0 Å². The fourth-order valence-electron chi connectivity index (χ4n) is 0.289. The van der Waals surface area contributed by atoms with Gasteiger partial charge in [0.2, 0.25) is 0 Å². The van der Waals surface area contributed by atoms with Crippen LogP contribution in [0.5, 0.6) is 0 Å². The van der Waals surface area contributed by atoms with Crippen molar-refractivity contribution in [3.8, 4) is 0 Å². The van der Waals surface area contributed by atoms with Crippen molar-refractivity contribution in [1.82, 2.24) is 0 Å². The third-order valence-corrected chi connectivity index (χ3v) is 0.658. The van der Waals surface area contributed by atoms with Crippen molar-refractivity contribution in [3.63, 3.8) is 0 Å². The Bertz CT molecular complexity index is 20.0. The molecule has 38 valence electrons. The second-order valence-corrected chi connectivity index (χ2v) is 1.28. The summed E-state index contributed by atoms with van der Waals surface area (Å²) in [7, 11) is 0. The molecule has 0 radical (unpaired) electrons. The van der Waals surface area contributed by atoms with E-state index in [1.165, 1.54) is 0 Å². The summed E-state index contributed by atoms with van der Waals surface area (Å²) in [6, 6.07) is 0. The summed E-state index contributed by atoms with van der Waals surface area (Å²) >= 11 is 0. The minimum Gasteiger partial charge on any atom is -0.396 e. The Kier molecular flexibility index (Phi) is 15.6. The van der Waals surface area contributed by atoms with Gasteiger partial charge in [-0.15, -0.1) is 0 Å². The molecule has 0 aromatic heterocycles. The average Bonchev–Trinajstić information content (AvgIpc) is 1.61. The molecule has 0 aromatic rings. The third kappa shape index (κ3) is 10.9. The maximum atomic E-state index is 8.17. The van der Waals surface area contributed by atoms with E-state index in [1.807, 2.05) is 0 Å². The van der Waals surface area contributed by atoms with E-state index in [0.29, 0.717) is 6.61 Å². The molecule has 0 saturated carbocycles. The van der Waals surface area contributed by atoms with Gasteiger partial charge in [-0.25, -0.2) is 0 Å². The number of unbranched alkanes of at least 4 members (excludes halogenated alkanes) is 2. The maximum absolute atomic E-state index is 8.17. The van der Waals surface area contributed by atoms with Crippen LogP contribution < -0.4 is 29.6 Å². The van der Waals surface area contributed by atoms with Crippen LogP contribution in [0.3, 0.4) is 0 Å². The first kappa shape index (κ1) is 10.9. The SMILES string of the molecule is [CH2-]CCCCO.[Na+]. The fourth-order valence-corrected chi connectivity index (χ4v) is 0.289. The summed E-state index contributed by atoms with van der Waals surface area (Å²) in [5.41, 5.74) is 0. The standard InChI is InChI=1S/C5H11O.Na/c1-2-3-4-5-6;/h6H,1-5H2;/q-1;+1. The quantitative estimate of drug-likeness (QED) is 0.253. The van der Waals surface area contributed by atoms with Gasteiger partial charge in [0.05, 0.1) is 0 Å². The van der Waals surface area contributed by atoms with Crippen molar-refractivity contribution < 1.29 is 34.7 Å². The van der Waals surface area contributed by atoms with E-state index in [9.17, 15) is 0 Å². The average molecular weight is 110 g/mol. The van der Waals surface area contributed by atoms with E-state index in [1.54, 1.807) is 0 Å². The van der Waals surface area contributed by atoms with E-state index in [0.717, 1.165) is 19.3 Å². The predicted octanol–water partition coefficient (Wildman–Crippen LogP) is -2.01. The van der Waals surface area contributed by atoms with Crippen LogP contribution >= 0.6 is 0 Å². The zero-order chi connectivity index (χ0) is 4.83. The molecule has 1 nitrogen and oxygen atoms in total. The molecule has 0 aliphatic heterocycles. The first-order valence-electron chi connectivity index (χ1n) is 2.32. The van der Waals surface area contributed by atoms with Gasteiger partial charge in [0.1, 0.15) is 0 Å². The molecular formula is C5H11NaO. The number of aliphatic hydroxyl groups excluding tert-OH is 1. The first-order chi connectivity index (χ1) is 2.91. The van der Waals surface area contributed by atoms with Crippen molar-refractivity contribution >= 4 is 0 Å². The molecule has 0 spiro atoms. The van der Waals surface area contributed by atoms with Gasteiger partial charge in [0.25, 0.3) is 0 Å². The summed E-state index contributed by atoms with van der Waals surface area (Å²) < 4.78 is 0. The maximum Gasteiger partial charge on any atom is 1.00 e. The van der Waals surface area contributed by atoms with Crippen LogP contribution in [0, 0.1) is 6.92 Å². The Hall–Kier alpha value is 0.960. The summed E-state index contributed by atoms with van der Waals surface area (Å²) in [6.07, 6.45) is 2.90. The van der Waals surface area contributed by atoms with E-state index in [4.69, 9.17) is 5.11 Å². The number of hydrogen-bond donors (Lipinski definition) is 1. The molecule has 0 bridgehead atoms. The molecule has 0 heterocycles. The minimum absolute atomic E-state index is 0. The minimum atomic E-state index is 0. The van der Waals surface area contributed by atoms with Crippen LogP contribution in [0.1, 0.15) is 19.3 Å². The Labute approximate surface area is 67.4 Å². The molecule has 1 N–H and O–H groups in total. The Morgan fingerprint density at radius 1 is 1.29 bits per heavy atom. The van der Waals surface area contributed by atoms with Gasteiger partial charge in [-0.2, -0.15) is 6.42 Å². The molecule has 0 saturated heterocycles. The van der Waals surface area contributed by atoms with Crippen LogP contribution in [0.4, 0.5) is 0 Å². The molecule has 0 aromatic carbocycles. The van der Waals surface area contributed by atoms with Gasteiger partial charge < -0.3 is 12.0 Å². The van der Waals surface area contributed by atoms with Gasteiger partial charge in [-0.1, -0.05) is 6.42 Å². The summed E-state index contributed by atoms with van der Waals surface area (Å²) in [6.45, 7) is 3.93. The third-order valence-electron chi connectivity index (χ3n) is 0.658. The van der Waals surface area contributed by atoms with Crippen LogP contribution in [-0.2, 0) is 0 Å². The van der Waals surface area contributed by atoms with E-state index in [-0.39, 0.29) is 29.6 Å². The smallest absolute Gasteiger partial charge is 0.396 e. The summed E-state index contributed by atoms with van der Waals surface area (Å²) in [5, 5.41) is 8.17. The molecule has 0 rings (SSSR count). The van der Waals surface area contributed by atoms with Crippen molar-refractivity contribution in [2.75, 3.05) is 6.61 Å². The van der Waals surface area contributed by atoms with Crippen molar-refractivity contribution in [2.45, 2.75) is 19.3 Å². The second-order valence-electron chi connectivity index (χ2n) is 1.28. The Morgan fingerprint density at radius 3 is 2.00 bits per heavy atom. The molecule has 0 amide bonds. The van der Waals surface area contributed by atoms with Gasteiger partial charge in [0, 0.05) is 6.61 Å². The molecular weight excluding hydrogens is 99.0 g/mol. The molecule has 0 aliphatic rings. The fraction of sp³-hybridized carbons (Fsp3) is 0.800. The van der Waals surface area contributed by atoms with Crippen LogP contribution in [-0.4, -0.2) is 11.7 Å². The molecule has 0 atom stereocenters. The van der Waals surface area contributed by atoms with Gasteiger partial charge >= 0.3 is 29.6 Å². The van der Waals surface area contributed by atoms with Crippen LogP contribution in [0.25, 0.3) is 0 Å². The number of rotatable bonds is 3. The van der Waals surface area contributed by atoms with Gasteiger partial charge in [-0.3, -0.25) is 0 Å². The molecule has 0 fully saturated rings. The van der Waals surface area contributed by atoms with Crippen LogP contribution in [0.2, 0.25) is 0 Å². The summed E-state index contributed by atoms with van der Waals surface area (Å²) in [4.78, 5) is 0. The predicted molar refractivity (Wildman–Crippen MR) is 26.3 cm³/mol. The van der Waals surface area contributed by atoms with E-state index >= 15 is 0 Å². The van der Waals surface area contributed by atoms with E-state index < -0.39 is 0 Å². The molecule has 2 heteroatoms. The van der Waals surface area contributed by atoms with Crippen LogP contribution in [0.15, 0.2) is 0 Å².